The molecule has 1 fully saturated rings. The van der Waals surface area contributed by atoms with E-state index in [1.165, 1.54) is 0 Å². The molecule has 8 nitrogen and oxygen atoms in total. The third kappa shape index (κ3) is 5.71. The smallest absolute Gasteiger partial charge is 0.262 e. The summed E-state index contributed by atoms with van der Waals surface area (Å²) in [5.41, 5.74) is 3.36. The molecule has 1 aliphatic heterocycles. The maximum atomic E-state index is 12.4. The largest absolute Gasteiger partial charge is 0.482 e. The first kappa shape index (κ1) is 23.2. The third-order valence-electron chi connectivity index (χ3n) is 5.68. The van der Waals surface area contributed by atoms with Crippen LogP contribution in [0.3, 0.4) is 0 Å². The fraction of sp³-hybridized carbons (Fsp3) is 0.375. The number of aliphatic hydroxyl groups is 1. The van der Waals surface area contributed by atoms with Crippen molar-refractivity contribution in [3.05, 3.63) is 52.7 Å². The number of hydrogen-bond donors (Lipinski definition) is 2. The highest BCUT2D eigenvalue weighted by molar-refractivity contribution is 6.32. The fourth-order valence-electron chi connectivity index (χ4n) is 3.86. The summed E-state index contributed by atoms with van der Waals surface area (Å²) in [6.07, 6.45) is 0. The van der Waals surface area contributed by atoms with Crippen LogP contribution in [0.4, 0.5) is 11.6 Å². The Morgan fingerprint density at radius 2 is 1.91 bits per heavy atom. The molecule has 33 heavy (non-hydrogen) atoms. The van der Waals surface area contributed by atoms with Crippen molar-refractivity contribution in [2.75, 3.05) is 56.2 Å². The Labute approximate surface area is 198 Å². The van der Waals surface area contributed by atoms with Crippen molar-refractivity contribution in [2.24, 2.45) is 0 Å². The minimum Gasteiger partial charge on any atom is -0.482 e. The van der Waals surface area contributed by atoms with Gasteiger partial charge in [0.25, 0.3) is 5.91 Å². The van der Waals surface area contributed by atoms with Crippen LogP contribution in [0.1, 0.15) is 11.3 Å². The molecule has 2 aromatic carbocycles. The van der Waals surface area contributed by atoms with Gasteiger partial charge >= 0.3 is 0 Å². The summed E-state index contributed by atoms with van der Waals surface area (Å²) in [6.45, 7) is 8.02. The van der Waals surface area contributed by atoms with E-state index >= 15 is 0 Å². The molecule has 0 spiro atoms. The molecule has 0 unspecified atom stereocenters. The summed E-state index contributed by atoms with van der Waals surface area (Å²) < 4.78 is 5.55. The Morgan fingerprint density at radius 3 is 2.64 bits per heavy atom. The number of β-amino-alcohol motifs (C(OH)–C–C–N with tert-alkyl or cyclic N) is 1. The van der Waals surface area contributed by atoms with Gasteiger partial charge in [-0.2, -0.15) is 0 Å². The minimum atomic E-state index is -0.276. The molecule has 3 aromatic rings. The van der Waals surface area contributed by atoms with Gasteiger partial charge in [-0.1, -0.05) is 17.7 Å². The number of halogens is 1. The van der Waals surface area contributed by atoms with Gasteiger partial charge in [-0.05, 0) is 49.7 Å². The number of carbonyl (C=O) groups is 1. The summed E-state index contributed by atoms with van der Waals surface area (Å²) in [4.78, 5) is 26.2. The zero-order valence-electron chi connectivity index (χ0n) is 18.8. The van der Waals surface area contributed by atoms with Gasteiger partial charge in [0, 0.05) is 43.8 Å². The van der Waals surface area contributed by atoms with Crippen LogP contribution < -0.4 is 15.0 Å². The van der Waals surface area contributed by atoms with Gasteiger partial charge in [0.15, 0.2) is 6.61 Å². The monoisotopic (exact) mass is 469 g/mol. The van der Waals surface area contributed by atoms with Gasteiger partial charge < -0.3 is 20.1 Å². The molecule has 174 valence electrons. The number of amides is 1. The highest BCUT2D eigenvalue weighted by atomic mass is 35.5. The predicted molar refractivity (Wildman–Crippen MR) is 130 cm³/mol. The Morgan fingerprint density at radius 1 is 1.12 bits per heavy atom. The number of aliphatic hydroxyl groups excluding tert-OH is 1. The van der Waals surface area contributed by atoms with Crippen molar-refractivity contribution < 1.29 is 14.6 Å². The summed E-state index contributed by atoms with van der Waals surface area (Å²) >= 11 is 6.16. The third-order valence-corrected chi connectivity index (χ3v) is 5.97. The van der Waals surface area contributed by atoms with Crippen molar-refractivity contribution in [3.63, 3.8) is 0 Å². The number of anilines is 2. The van der Waals surface area contributed by atoms with Crippen LogP contribution in [0.15, 0.2) is 36.4 Å². The van der Waals surface area contributed by atoms with E-state index in [4.69, 9.17) is 31.4 Å². The van der Waals surface area contributed by atoms with E-state index in [2.05, 4.69) is 15.1 Å². The summed E-state index contributed by atoms with van der Waals surface area (Å²) in [7, 11) is 0. The molecular weight excluding hydrogens is 442 g/mol. The number of carbonyl (C=O) groups excluding carboxylic acids is 1. The zero-order valence-corrected chi connectivity index (χ0v) is 19.6. The molecule has 4 rings (SSSR count). The maximum Gasteiger partial charge on any atom is 0.262 e. The fourth-order valence-corrected chi connectivity index (χ4v) is 4.15. The van der Waals surface area contributed by atoms with E-state index in [-0.39, 0.29) is 19.1 Å². The zero-order chi connectivity index (χ0) is 23.4. The first-order valence-electron chi connectivity index (χ1n) is 11.0. The molecule has 0 atom stereocenters. The van der Waals surface area contributed by atoms with Crippen molar-refractivity contribution in [3.8, 4) is 5.75 Å². The Kier molecular flexibility index (Phi) is 7.27. The van der Waals surface area contributed by atoms with E-state index < -0.39 is 0 Å². The highest BCUT2D eigenvalue weighted by Gasteiger charge is 2.19. The lowest BCUT2D eigenvalue weighted by atomic mass is 10.1. The van der Waals surface area contributed by atoms with Crippen molar-refractivity contribution >= 4 is 40.0 Å². The average Bonchev–Trinajstić information content (AvgIpc) is 2.79. The number of nitrogens with zero attached hydrogens (tertiary/aromatic N) is 4. The number of ether oxygens (including phenoxy) is 1. The summed E-state index contributed by atoms with van der Waals surface area (Å²) in [6, 6.07) is 11.0. The second kappa shape index (κ2) is 10.3. The lowest BCUT2D eigenvalue weighted by Gasteiger charge is -2.34. The number of benzene rings is 2. The number of hydrogen-bond acceptors (Lipinski definition) is 7. The molecule has 1 aromatic heterocycles. The first-order chi connectivity index (χ1) is 15.9. The molecule has 0 saturated carbocycles. The Balaban J connectivity index is 1.41. The number of aryl methyl sites for hydroxylation is 2. The van der Waals surface area contributed by atoms with Crippen molar-refractivity contribution in [1.82, 2.24) is 14.9 Å². The van der Waals surface area contributed by atoms with Gasteiger partial charge in [-0.25, -0.2) is 9.97 Å². The SMILES string of the molecule is Cc1ccc(OCC(=O)Nc2ccc3nc(N4CCN(CCO)CC4)nc(C)c3c2)c(Cl)c1. The second-order valence-corrected chi connectivity index (χ2v) is 8.57. The number of piperazine rings is 1. The van der Waals surface area contributed by atoms with Gasteiger partial charge in [0.05, 0.1) is 22.8 Å². The van der Waals surface area contributed by atoms with Crippen LogP contribution in [-0.4, -0.2) is 71.8 Å². The standard InChI is InChI=1S/C24H28ClN5O3/c1-16-3-6-22(20(25)13-16)33-15-23(32)27-18-4-5-21-19(14-18)17(2)26-24(28-21)30-9-7-29(8-10-30)11-12-31/h3-6,13-14,31H,7-12,15H2,1-2H3,(H,27,32). The summed E-state index contributed by atoms with van der Waals surface area (Å²) in [5, 5.41) is 13.3. The van der Waals surface area contributed by atoms with Crippen molar-refractivity contribution in [2.45, 2.75) is 13.8 Å². The number of rotatable bonds is 7. The molecular formula is C24H28ClN5O3. The molecule has 0 bridgehead atoms. The van der Waals surface area contributed by atoms with Crippen LogP contribution in [-0.2, 0) is 4.79 Å². The Bertz CT molecular complexity index is 1150. The maximum absolute atomic E-state index is 12.4. The molecule has 0 radical (unpaired) electrons. The van der Waals surface area contributed by atoms with Gasteiger partial charge in [0.1, 0.15) is 5.75 Å². The van der Waals surface area contributed by atoms with E-state index in [9.17, 15) is 4.79 Å². The minimum absolute atomic E-state index is 0.141. The van der Waals surface area contributed by atoms with E-state index in [1.807, 2.05) is 38.1 Å². The molecule has 2 heterocycles. The molecule has 1 saturated heterocycles. The van der Waals surface area contributed by atoms with Gasteiger partial charge in [-0.3, -0.25) is 9.69 Å². The van der Waals surface area contributed by atoms with Gasteiger partial charge in [-0.15, -0.1) is 0 Å². The summed E-state index contributed by atoms with van der Waals surface area (Å²) in [5.74, 6) is 0.913. The quantitative estimate of drug-likeness (QED) is 0.549. The second-order valence-electron chi connectivity index (χ2n) is 8.16. The number of fused-ring (bicyclic) bond motifs is 1. The Hall–Kier alpha value is -2.94. The molecule has 2 N–H and O–H groups in total. The lowest BCUT2D eigenvalue weighted by molar-refractivity contribution is -0.118. The molecule has 1 amide bonds. The van der Waals surface area contributed by atoms with Crippen LogP contribution in [0.2, 0.25) is 5.02 Å². The van der Waals surface area contributed by atoms with Crippen LogP contribution in [0.5, 0.6) is 5.75 Å². The number of aromatic nitrogens is 2. The molecule has 0 aliphatic carbocycles. The first-order valence-corrected chi connectivity index (χ1v) is 11.4. The number of nitrogens with one attached hydrogen (secondary N) is 1. The van der Waals surface area contributed by atoms with Gasteiger partial charge in [0.2, 0.25) is 5.95 Å². The van der Waals surface area contributed by atoms with Crippen LogP contribution in [0.25, 0.3) is 10.9 Å². The molecule has 9 heteroatoms. The van der Waals surface area contributed by atoms with E-state index in [0.717, 1.165) is 48.3 Å². The lowest BCUT2D eigenvalue weighted by Crippen LogP contribution is -2.47. The van der Waals surface area contributed by atoms with E-state index in [0.29, 0.717) is 29.0 Å². The normalized spacial score (nSPS) is 14.5. The average molecular weight is 470 g/mol. The highest BCUT2D eigenvalue weighted by Crippen LogP contribution is 2.26. The van der Waals surface area contributed by atoms with E-state index in [1.54, 1.807) is 12.1 Å². The van der Waals surface area contributed by atoms with Crippen LogP contribution >= 0.6 is 11.6 Å². The molecule has 1 aliphatic rings. The topological polar surface area (TPSA) is 90.8 Å². The van der Waals surface area contributed by atoms with Crippen LogP contribution in [0, 0.1) is 13.8 Å². The predicted octanol–water partition coefficient (Wildman–Crippen LogP) is 3.03. The van der Waals surface area contributed by atoms with Crippen molar-refractivity contribution in [1.29, 1.82) is 0 Å².